The van der Waals surface area contributed by atoms with E-state index < -0.39 is 0 Å². The Balaban J connectivity index is 1.83. The lowest BCUT2D eigenvalue weighted by Crippen LogP contribution is -2.41. The zero-order valence-corrected chi connectivity index (χ0v) is 14.4. The molecule has 1 fully saturated rings. The summed E-state index contributed by atoms with van der Waals surface area (Å²) < 4.78 is 10.5. The molecule has 1 amide bonds. The topological polar surface area (TPSA) is 67.8 Å². The van der Waals surface area contributed by atoms with E-state index in [0.29, 0.717) is 29.9 Å². The maximum atomic E-state index is 12.8. The normalized spacial score (nSPS) is 20.3. The van der Waals surface area contributed by atoms with E-state index in [2.05, 4.69) is 5.32 Å². The first kappa shape index (κ1) is 17.3. The van der Waals surface area contributed by atoms with Gasteiger partial charge in [-0.25, -0.2) is 0 Å². The summed E-state index contributed by atoms with van der Waals surface area (Å²) in [5.74, 6) is 1.13. The first-order chi connectivity index (χ1) is 12.1. The fraction of sp³-hybridized carbons (Fsp3) is 0.350. The molecular formula is C20H23NO4. The first-order valence-electron chi connectivity index (χ1n) is 8.38. The molecule has 2 aromatic rings. The summed E-state index contributed by atoms with van der Waals surface area (Å²) >= 11 is 0. The second-order valence-corrected chi connectivity index (χ2v) is 6.31. The van der Waals surface area contributed by atoms with Crippen molar-refractivity contribution in [1.82, 2.24) is 5.32 Å². The second-order valence-electron chi connectivity index (χ2n) is 6.31. The standard InChI is InChI=1S/C20H23NO4/c1-24-16-8-9-17(18(12-16)25-2)20(23)21-19(14-10-15(22)11-14)13-6-4-3-5-7-13/h3-9,12,14-15,19,22H,10-11H2,1-2H3,(H,21,23)/t14?,15?,19-/m1/s1. The highest BCUT2D eigenvalue weighted by atomic mass is 16.5. The predicted molar refractivity (Wildman–Crippen MR) is 94.9 cm³/mol. The molecule has 0 heterocycles. The van der Waals surface area contributed by atoms with Crippen LogP contribution in [0.4, 0.5) is 0 Å². The molecule has 5 nitrogen and oxygen atoms in total. The summed E-state index contributed by atoms with van der Waals surface area (Å²) in [7, 11) is 3.10. The fourth-order valence-corrected chi connectivity index (χ4v) is 3.24. The van der Waals surface area contributed by atoms with E-state index in [9.17, 15) is 9.90 Å². The highest BCUT2D eigenvalue weighted by Crippen LogP contribution is 2.38. The quantitative estimate of drug-likeness (QED) is 0.848. The van der Waals surface area contributed by atoms with E-state index in [4.69, 9.17) is 9.47 Å². The summed E-state index contributed by atoms with van der Waals surface area (Å²) in [4.78, 5) is 12.8. The van der Waals surface area contributed by atoms with Crippen LogP contribution in [0.5, 0.6) is 11.5 Å². The molecule has 25 heavy (non-hydrogen) atoms. The van der Waals surface area contributed by atoms with Crippen molar-refractivity contribution >= 4 is 5.91 Å². The Kier molecular flexibility index (Phi) is 5.24. The number of hydrogen-bond acceptors (Lipinski definition) is 4. The van der Waals surface area contributed by atoms with Crippen molar-refractivity contribution in [2.75, 3.05) is 14.2 Å². The van der Waals surface area contributed by atoms with Gasteiger partial charge in [-0.3, -0.25) is 4.79 Å². The van der Waals surface area contributed by atoms with Crippen LogP contribution in [0.1, 0.15) is 34.8 Å². The number of methoxy groups -OCH3 is 2. The van der Waals surface area contributed by atoms with E-state index in [-0.39, 0.29) is 24.0 Å². The van der Waals surface area contributed by atoms with Crippen LogP contribution in [0.2, 0.25) is 0 Å². The van der Waals surface area contributed by atoms with Crippen molar-refractivity contribution in [2.24, 2.45) is 5.92 Å². The highest BCUT2D eigenvalue weighted by molar-refractivity contribution is 5.97. The van der Waals surface area contributed by atoms with Crippen molar-refractivity contribution in [1.29, 1.82) is 0 Å². The summed E-state index contributed by atoms with van der Waals surface area (Å²) in [6.45, 7) is 0. The second kappa shape index (κ2) is 7.57. The van der Waals surface area contributed by atoms with Gasteiger partial charge in [-0.05, 0) is 36.5 Å². The lowest BCUT2D eigenvalue weighted by Gasteiger charge is -2.38. The van der Waals surface area contributed by atoms with Gasteiger partial charge in [-0.15, -0.1) is 0 Å². The summed E-state index contributed by atoms with van der Waals surface area (Å²) in [6, 6.07) is 14.9. The molecule has 1 aliphatic carbocycles. The third kappa shape index (κ3) is 3.77. The van der Waals surface area contributed by atoms with E-state index >= 15 is 0 Å². The Labute approximate surface area is 147 Å². The SMILES string of the molecule is COc1ccc(C(=O)N[C@H](c2ccccc2)C2CC(O)C2)c(OC)c1. The zero-order valence-electron chi connectivity index (χ0n) is 14.4. The van der Waals surface area contributed by atoms with Crippen LogP contribution >= 0.6 is 0 Å². The Hall–Kier alpha value is -2.53. The number of carbonyl (C=O) groups excluding carboxylic acids is 1. The average molecular weight is 341 g/mol. The summed E-state index contributed by atoms with van der Waals surface area (Å²) in [5.41, 5.74) is 1.50. The van der Waals surface area contributed by atoms with Crippen LogP contribution in [0.15, 0.2) is 48.5 Å². The van der Waals surface area contributed by atoms with Gasteiger partial charge in [0.15, 0.2) is 0 Å². The molecule has 132 valence electrons. The number of benzene rings is 2. The van der Waals surface area contributed by atoms with Gasteiger partial charge in [-0.2, -0.15) is 0 Å². The third-order valence-electron chi connectivity index (χ3n) is 4.72. The van der Waals surface area contributed by atoms with Crippen molar-refractivity contribution in [3.05, 3.63) is 59.7 Å². The van der Waals surface area contributed by atoms with Crippen molar-refractivity contribution in [3.8, 4) is 11.5 Å². The molecule has 1 aliphatic rings. The number of aliphatic hydroxyl groups is 1. The number of hydrogen-bond donors (Lipinski definition) is 2. The smallest absolute Gasteiger partial charge is 0.255 e. The van der Waals surface area contributed by atoms with Gasteiger partial charge in [0.25, 0.3) is 5.91 Å². The third-order valence-corrected chi connectivity index (χ3v) is 4.72. The van der Waals surface area contributed by atoms with Crippen molar-refractivity contribution in [2.45, 2.75) is 25.0 Å². The van der Waals surface area contributed by atoms with Crippen LogP contribution in [-0.2, 0) is 0 Å². The van der Waals surface area contributed by atoms with Gasteiger partial charge >= 0.3 is 0 Å². The molecule has 0 aliphatic heterocycles. The maximum Gasteiger partial charge on any atom is 0.255 e. The maximum absolute atomic E-state index is 12.8. The van der Waals surface area contributed by atoms with Gasteiger partial charge < -0.3 is 19.9 Å². The number of amides is 1. The molecular weight excluding hydrogens is 318 g/mol. The van der Waals surface area contributed by atoms with Gasteiger partial charge in [0.2, 0.25) is 0 Å². The molecule has 2 aromatic carbocycles. The number of ether oxygens (including phenoxy) is 2. The van der Waals surface area contributed by atoms with Gasteiger partial charge in [0, 0.05) is 6.07 Å². The van der Waals surface area contributed by atoms with Crippen LogP contribution in [0.25, 0.3) is 0 Å². The minimum Gasteiger partial charge on any atom is -0.497 e. The molecule has 1 saturated carbocycles. The molecule has 1 atom stereocenters. The van der Waals surface area contributed by atoms with E-state index in [0.717, 1.165) is 5.56 Å². The van der Waals surface area contributed by atoms with Crippen LogP contribution in [0.3, 0.4) is 0 Å². The molecule has 3 rings (SSSR count). The highest BCUT2D eigenvalue weighted by Gasteiger charge is 2.36. The first-order valence-corrected chi connectivity index (χ1v) is 8.38. The van der Waals surface area contributed by atoms with Gasteiger partial charge in [0.05, 0.1) is 31.9 Å². The molecule has 5 heteroatoms. The minimum absolute atomic E-state index is 0.135. The van der Waals surface area contributed by atoms with Crippen molar-refractivity contribution < 1.29 is 19.4 Å². The van der Waals surface area contributed by atoms with Crippen LogP contribution in [-0.4, -0.2) is 31.3 Å². The largest absolute Gasteiger partial charge is 0.497 e. The predicted octanol–water partition coefficient (Wildman–Crippen LogP) is 2.95. The van der Waals surface area contributed by atoms with Crippen LogP contribution < -0.4 is 14.8 Å². The lowest BCUT2D eigenvalue weighted by atomic mass is 9.75. The van der Waals surface area contributed by atoms with E-state index in [1.54, 1.807) is 25.3 Å². The molecule has 0 saturated heterocycles. The Morgan fingerprint density at radius 2 is 1.84 bits per heavy atom. The van der Waals surface area contributed by atoms with E-state index in [1.807, 2.05) is 30.3 Å². The number of rotatable bonds is 6. The van der Waals surface area contributed by atoms with Gasteiger partial charge in [0.1, 0.15) is 11.5 Å². The Morgan fingerprint density at radius 3 is 2.44 bits per heavy atom. The molecule has 0 radical (unpaired) electrons. The molecule has 0 unspecified atom stereocenters. The minimum atomic E-state index is -0.274. The Morgan fingerprint density at radius 1 is 1.12 bits per heavy atom. The monoisotopic (exact) mass is 341 g/mol. The molecule has 0 aromatic heterocycles. The number of carbonyl (C=O) groups is 1. The lowest BCUT2D eigenvalue weighted by molar-refractivity contribution is 0.0235. The number of nitrogens with one attached hydrogen (secondary N) is 1. The molecule has 2 N–H and O–H groups in total. The van der Waals surface area contributed by atoms with Gasteiger partial charge in [-0.1, -0.05) is 30.3 Å². The fourth-order valence-electron chi connectivity index (χ4n) is 3.24. The Bertz CT molecular complexity index is 726. The molecule has 0 spiro atoms. The summed E-state index contributed by atoms with van der Waals surface area (Å²) in [6.07, 6.45) is 1.11. The van der Waals surface area contributed by atoms with E-state index in [1.165, 1.54) is 7.11 Å². The van der Waals surface area contributed by atoms with Crippen molar-refractivity contribution in [3.63, 3.8) is 0 Å². The average Bonchev–Trinajstić information content (AvgIpc) is 2.63. The summed E-state index contributed by atoms with van der Waals surface area (Å²) in [5, 5.41) is 12.8. The van der Waals surface area contributed by atoms with Crippen LogP contribution in [0, 0.1) is 5.92 Å². The zero-order chi connectivity index (χ0) is 17.8. The number of aliphatic hydroxyl groups excluding tert-OH is 1. The molecule has 0 bridgehead atoms.